The van der Waals surface area contributed by atoms with E-state index in [1.165, 1.54) is 0 Å². The summed E-state index contributed by atoms with van der Waals surface area (Å²) in [4.78, 5) is 0. The quantitative estimate of drug-likeness (QED) is 0.516. The monoisotopic (exact) mass is 354 g/mol. The fraction of sp³-hybridized carbons (Fsp3) is 0.250. The lowest BCUT2D eigenvalue weighted by Gasteiger charge is -2.14. The Morgan fingerprint density at radius 1 is 0.500 bits per heavy atom. The fourth-order valence-electron chi connectivity index (χ4n) is 2.31. The van der Waals surface area contributed by atoms with Crippen molar-refractivity contribution in [2.75, 3.05) is 0 Å². The summed E-state index contributed by atoms with van der Waals surface area (Å²) in [6.07, 6.45) is -1.33. The van der Waals surface area contributed by atoms with Crippen LogP contribution in [0.3, 0.4) is 0 Å². The molecule has 2 aromatic rings. The molecule has 0 spiro atoms. The van der Waals surface area contributed by atoms with Crippen LogP contribution in [0, 0.1) is 54.6 Å². The summed E-state index contributed by atoms with van der Waals surface area (Å²) in [7, 11) is 0. The van der Waals surface area contributed by atoms with E-state index in [4.69, 9.17) is 0 Å². The first-order valence-electron chi connectivity index (χ1n) is 6.65. The van der Waals surface area contributed by atoms with Crippen LogP contribution in [0.5, 0.6) is 0 Å². The molecule has 0 bridgehead atoms. The van der Waals surface area contributed by atoms with Gasteiger partial charge in [-0.2, -0.15) is 0 Å². The van der Waals surface area contributed by atoms with E-state index in [1.54, 1.807) is 0 Å². The molecular weight excluding hydrogens is 344 g/mol. The molecule has 0 aliphatic carbocycles. The van der Waals surface area contributed by atoms with Gasteiger partial charge in [-0.25, -0.2) is 35.1 Å². The Hall–Kier alpha value is -2.12. The molecule has 8 heteroatoms. The molecule has 0 fully saturated rings. The van der Waals surface area contributed by atoms with Crippen LogP contribution in [0.15, 0.2) is 0 Å². The normalized spacial score (nSPS) is 11.2. The highest BCUT2D eigenvalue weighted by atomic mass is 19.2. The second kappa shape index (κ2) is 6.41. The van der Waals surface area contributed by atoms with Crippen LogP contribution in [0.2, 0.25) is 0 Å². The molecule has 0 unspecified atom stereocenters. The van der Waals surface area contributed by atoms with E-state index >= 15 is 0 Å². The third-order valence-electron chi connectivity index (χ3n) is 3.83. The molecule has 0 radical (unpaired) electrons. The summed E-state index contributed by atoms with van der Waals surface area (Å²) < 4.78 is 109. The predicted octanol–water partition coefficient (Wildman–Crippen LogP) is 5.34. The molecular formula is C16H10F8. The first kappa shape index (κ1) is 18.2. The Kier molecular flexibility index (Phi) is 4.87. The van der Waals surface area contributed by atoms with Crippen LogP contribution in [0.25, 0.3) is 0 Å². The maximum Gasteiger partial charge on any atom is 0.165 e. The number of rotatable bonds is 3. The van der Waals surface area contributed by atoms with E-state index in [1.807, 2.05) is 0 Å². The lowest BCUT2D eigenvalue weighted by atomic mass is 9.96. The van der Waals surface area contributed by atoms with Gasteiger partial charge < -0.3 is 0 Å². The van der Waals surface area contributed by atoms with Crippen molar-refractivity contribution in [2.45, 2.75) is 26.9 Å². The van der Waals surface area contributed by atoms with Crippen molar-refractivity contribution in [3.05, 3.63) is 68.5 Å². The highest BCUT2D eigenvalue weighted by Crippen LogP contribution is 2.31. The Morgan fingerprint density at radius 2 is 0.875 bits per heavy atom. The van der Waals surface area contributed by atoms with Gasteiger partial charge in [0.05, 0.1) is 0 Å². The van der Waals surface area contributed by atoms with Crippen molar-refractivity contribution in [1.29, 1.82) is 0 Å². The average molecular weight is 354 g/mol. The molecule has 130 valence electrons. The molecule has 0 aliphatic heterocycles. The van der Waals surface area contributed by atoms with E-state index in [2.05, 4.69) is 0 Å². The van der Waals surface area contributed by atoms with Gasteiger partial charge in [-0.15, -0.1) is 0 Å². The van der Waals surface area contributed by atoms with Crippen molar-refractivity contribution in [3.8, 4) is 0 Å². The van der Waals surface area contributed by atoms with Gasteiger partial charge in [-0.3, -0.25) is 0 Å². The lowest BCUT2D eigenvalue weighted by Crippen LogP contribution is -2.12. The standard InChI is InChI=1S/C16H10F8/c1-5-9(4-17)13(21)7(14(22)10(5)18)3-8-15(23)11(19)6(2)12(20)16(8)24/h3-4H2,1-2H3. The number of alkyl halides is 1. The van der Waals surface area contributed by atoms with Crippen molar-refractivity contribution in [2.24, 2.45) is 0 Å². The van der Waals surface area contributed by atoms with Crippen LogP contribution in [-0.2, 0) is 13.1 Å². The smallest absolute Gasteiger partial charge is 0.165 e. The van der Waals surface area contributed by atoms with Gasteiger partial charge in [0.25, 0.3) is 0 Å². The molecule has 0 aliphatic rings. The molecule has 0 aromatic heterocycles. The Balaban J connectivity index is 2.73. The zero-order valence-corrected chi connectivity index (χ0v) is 12.4. The number of halogens is 8. The fourth-order valence-corrected chi connectivity index (χ4v) is 2.31. The minimum atomic E-state index is -1.85. The van der Waals surface area contributed by atoms with Crippen molar-refractivity contribution >= 4 is 0 Å². The highest BCUT2D eigenvalue weighted by Gasteiger charge is 2.28. The first-order valence-corrected chi connectivity index (χ1v) is 6.65. The van der Waals surface area contributed by atoms with Crippen LogP contribution < -0.4 is 0 Å². The Labute approximate surface area is 131 Å². The SMILES string of the molecule is Cc1c(F)c(F)c(Cc2c(F)c(F)c(C)c(CF)c2F)c(F)c1F. The van der Waals surface area contributed by atoms with E-state index < -0.39 is 81.6 Å². The van der Waals surface area contributed by atoms with Crippen molar-refractivity contribution < 1.29 is 35.1 Å². The lowest BCUT2D eigenvalue weighted by molar-refractivity contribution is 0.421. The van der Waals surface area contributed by atoms with Crippen LogP contribution in [0.1, 0.15) is 27.8 Å². The zero-order valence-electron chi connectivity index (χ0n) is 12.4. The molecule has 24 heavy (non-hydrogen) atoms. The van der Waals surface area contributed by atoms with Gasteiger partial charge >= 0.3 is 0 Å². The summed E-state index contributed by atoms with van der Waals surface area (Å²) in [5, 5.41) is 0. The van der Waals surface area contributed by atoms with Gasteiger partial charge in [-0.1, -0.05) is 0 Å². The second-order valence-corrected chi connectivity index (χ2v) is 5.19. The van der Waals surface area contributed by atoms with E-state index in [9.17, 15) is 35.1 Å². The summed E-state index contributed by atoms with van der Waals surface area (Å²) in [6, 6.07) is 0. The summed E-state index contributed by atoms with van der Waals surface area (Å²) in [5.41, 5.74) is -4.96. The molecule has 0 nitrogen and oxygen atoms in total. The first-order chi connectivity index (χ1) is 11.1. The molecule has 0 saturated heterocycles. The van der Waals surface area contributed by atoms with E-state index in [0.717, 1.165) is 13.8 Å². The molecule has 0 atom stereocenters. The molecule has 0 amide bonds. The Bertz CT molecular complexity index is 797. The summed E-state index contributed by atoms with van der Waals surface area (Å²) >= 11 is 0. The number of hydrogen-bond acceptors (Lipinski definition) is 0. The molecule has 2 aromatic carbocycles. The van der Waals surface area contributed by atoms with Crippen LogP contribution in [-0.4, -0.2) is 0 Å². The summed E-state index contributed by atoms with van der Waals surface area (Å²) in [6.45, 7) is 0.199. The van der Waals surface area contributed by atoms with Gasteiger partial charge in [0.1, 0.15) is 12.5 Å². The molecule has 0 N–H and O–H groups in total. The average Bonchev–Trinajstić information content (AvgIpc) is 2.56. The minimum absolute atomic E-state index is 0.640. The molecule has 0 heterocycles. The third-order valence-corrected chi connectivity index (χ3v) is 3.83. The highest BCUT2D eigenvalue weighted by molar-refractivity contribution is 5.40. The second-order valence-electron chi connectivity index (χ2n) is 5.19. The minimum Gasteiger partial charge on any atom is -0.246 e. The maximum absolute atomic E-state index is 14.1. The van der Waals surface area contributed by atoms with Gasteiger partial charge in [0, 0.05) is 28.7 Å². The number of hydrogen-bond donors (Lipinski definition) is 0. The van der Waals surface area contributed by atoms with Crippen molar-refractivity contribution in [3.63, 3.8) is 0 Å². The van der Waals surface area contributed by atoms with Gasteiger partial charge in [0.15, 0.2) is 34.9 Å². The summed E-state index contributed by atoms with van der Waals surface area (Å²) in [5.74, 6) is -12.1. The van der Waals surface area contributed by atoms with Crippen LogP contribution in [0.4, 0.5) is 35.1 Å². The third kappa shape index (κ3) is 2.63. The number of benzene rings is 2. The van der Waals surface area contributed by atoms with E-state index in [-0.39, 0.29) is 0 Å². The van der Waals surface area contributed by atoms with Gasteiger partial charge in [-0.05, 0) is 19.4 Å². The Morgan fingerprint density at radius 3 is 1.29 bits per heavy atom. The zero-order chi connectivity index (χ0) is 18.3. The largest absolute Gasteiger partial charge is 0.246 e. The molecule has 0 saturated carbocycles. The van der Waals surface area contributed by atoms with Crippen LogP contribution >= 0.6 is 0 Å². The maximum atomic E-state index is 14.1. The van der Waals surface area contributed by atoms with E-state index in [0.29, 0.717) is 0 Å². The molecule has 2 rings (SSSR count). The topological polar surface area (TPSA) is 0 Å². The van der Waals surface area contributed by atoms with Crippen molar-refractivity contribution in [1.82, 2.24) is 0 Å². The predicted molar refractivity (Wildman–Crippen MR) is 69.7 cm³/mol. The van der Waals surface area contributed by atoms with Gasteiger partial charge in [0.2, 0.25) is 0 Å².